The highest BCUT2D eigenvalue weighted by molar-refractivity contribution is 7.92. The molecular formula is C22H27N5O3S. The van der Waals surface area contributed by atoms with Gasteiger partial charge in [0, 0.05) is 37.2 Å². The minimum Gasteiger partial charge on any atom is -0.496 e. The topological polar surface area (TPSA) is 96.5 Å². The minimum absolute atomic E-state index is 0.220. The Morgan fingerprint density at radius 3 is 2.16 bits per heavy atom. The zero-order valence-corrected chi connectivity index (χ0v) is 19.3. The number of sulfonamides is 1. The molecule has 9 heteroatoms. The third-order valence-electron chi connectivity index (χ3n) is 4.89. The van der Waals surface area contributed by atoms with E-state index in [2.05, 4.69) is 20.0 Å². The molecule has 0 radical (unpaired) electrons. The van der Waals surface area contributed by atoms with Gasteiger partial charge in [-0.15, -0.1) is 0 Å². The van der Waals surface area contributed by atoms with E-state index in [1.165, 1.54) is 0 Å². The van der Waals surface area contributed by atoms with Gasteiger partial charge in [-0.25, -0.2) is 13.4 Å². The van der Waals surface area contributed by atoms with E-state index < -0.39 is 10.0 Å². The molecule has 0 bridgehead atoms. The number of nitrogens with zero attached hydrogens (tertiary/aromatic N) is 3. The van der Waals surface area contributed by atoms with Gasteiger partial charge in [0.15, 0.2) is 0 Å². The van der Waals surface area contributed by atoms with E-state index in [-0.39, 0.29) is 4.90 Å². The van der Waals surface area contributed by atoms with Crippen LogP contribution in [0.3, 0.4) is 0 Å². The molecule has 0 aliphatic rings. The van der Waals surface area contributed by atoms with Crippen LogP contribution in [0.2, 0.25) is 0 Å². The Morgan fingerprint density at radius 2 is 1.55 bits per heavy atom. The summed E-state index contributed by atoms with van der Waals surface area (Å²) in [6, 6.07) is 12.0. The molecule has 3 rings (SSSR count). The first kappa shape index (κ1) is 22.4. The van der Waals surface area contributed by atoms with Crippen molar-refractivity contribution in [3.05, 3.63) is 59.3 Å². The zero-order valence-electron chi connectivity index (χ0n) is 18.5. The van der Waals surface area contributed by atoms with Crippen molar-refractivity contribution >= 4 is 33.2 Å². The van der Waals surface area contributed by atoms with Gasteiger partial charge < -0.3 is 15.0 Å². The summed E-state index contributed by atoms with van der Waals surface area (Å²) in [6.45, 7) is 5.51. The summed E-state index contributed by atoms with van der Waals surface area (Å²) in [4.78, 5) is 11.0. The predicted molar refractivity (Wildman–Crippen MR) is 124 cm³/mol. The van der Waals surface area contributed by atoms with E-state index in [0.29, 0.717) is 22.9 Å². The molecule has 1 aromatic heterocycles. The molecule has 3 aromatic rings. The van der Waals surface area contributed by atoms with Crippen LogP contribution in [0.1, 0.15) is 16.8 Å². The van der Waals surface area contributed by atoms with Gasteiger partial charge in [-0.05, 0) is 68.3 Å². The maximum atomic E-state index is 12.9. The molecular weight excluding hydrogens is 414 g/mol. The number of benzene rings is 2. The molecule has 0 saturated carbocycles. The Bertz CT molecular complexity index is 1190. The summed E-state index contributed by atoms with van der Waals surface area (Å²) in [5.41, 5.74) is 3.49. The zero-order chi connectivity index (χ0) is 22.8. The lowest BCUT2D eigenvalue weighted by atomic mass is 10.1. The SMILES string of the molecule is COc1ccc(S(=O)(=O)Nc2ccc(Nc3nc(C)cc(N(C)C)n3)cc2)c(C)c1C. The molecule has 31 heavy (non-hydrogen) atoms. The Hall–Kier alpha value is -3.33. The highest BCUT2D eigenvalue weighted by Gasteiger charge is 2.19. The molecule has 2 aromatic carbocycles. The van der Waals surface area contributed by atoms with E-state index in [9.17, 15) is 8.42 Å². The maximum Gasteiger partial charge on any atom is 0.262 e. The summed E-state index contributed by atoms with van der Waals surface area (Å²) < 4.78 is 33.7. The van der Waals surface area contributed by atoms with Crippen molar-refractivity contribution in [2.75, 3.05) is 36.1 Å². The molecule has 0 aliphatic heterocycles. The molecule has 0 aliphatic carbocycles. The number of hydrogen-bond donors (Lipinski definition) is 2. The fraction of sp³-hybridized carbons (Fsp3) is 0.273. The van der Waals surface area contributed by atoms with Gasteiger partial charge in [0.25, 0.3) is 10.0 Å². The fourth-order valence-electron chi connectivity index (χ4n) is 3.08. The third-order valence-corrected chi connectivity index (χ3v) is 6.42. The number of methoxy groups -OCH3 is 1. The van der Waals surface area contributed by atoms with Crippen LogP contribution in [0.5, 0.6) is 5.75 Å². The number of rotatable bonds is 7. The van der Waals surface area contributed by atoms with Crippen LogP contribution >= 0.6 is 0 Å². The Kier molecular flexibility index (Phi) is 6.35. The molecule has 0 atom stereocenters. The molecule has 2 N–H and O–H groups in total. The van der Waals surface area contributed by atoms with Crippen molar-refractivity contribution in [2.45, 2.75) is 25.7 Å². The minimum atomic E-state index is -3.74. The quantitative estimate of drug-likeness (QED) is 0.572. The normalized spacial score (nSPS) is 11.2. The van der Waals surface area contributed by atoms with E-state index >= 15 is 0 Å². The monoisotopic (exact) mass is 441 g/mol. The van der Waals surface area contributed by atoms with Crippen LogP contribution in [0.25, 0.3) is 0 Å². The summed E-state index contributed by atoms with van der Waals surface area (Å²) in [5.74, 6) is 1.92. The fourth-order valence-corrected chi connectivity index (χ4v) is 4.44. The van der Waals surface area contributed by atoms with Crippen molar-refractivity contribution in [1.82, 2.24) is 9.97 Å². The van der Waals surface area contributed by atoms with Crippen molar-refractivity contribution in [1.29, 1.82) is 0 Å². The van der Waals surface area contributed by atoms with Crippen LogP contribution in [-0.4, -0.2) is 39.6 Å². The molecule has 0 unspecified atom stereocenters. The predicted octanol–water partition coefficient (Wildman–Crippen LogP) is 4.02. The second kappa shape index (κ2) is 8.81. The first-order valence-electron chi connectivity index (χ1n) is 9.68. The van der Waals surface area contributed by atoms with Crippen LogP contribution in [0.4, 0.5) is 23.1 Å². The molecule has 1 heterocycles. The summed E-state index contributed by atoms with van der Waals surface area (Å²) in [7, 11) is 1.65. The number of aromatic nitrogens is 2. The summed E-state index contributed by atoms with van der Waals surface area (Å²) >= 11 is 0. The molecule has 8 nitrogen and oxygen atoms in total. The van der Waals surface area contributed by atoms with Gasteiger partial charge in [0.2, 0.25) is 5.95 Å². The van der Waals surface area contributed by atoms with Crippen LogP contribution in [0.15, 0.2) is 47.4 Å². The highest BCUT2D eigenvalue weighted by Crippen LogP contribution is 2.28. The molecule has 164 valence electrons. The lowest BCUT2D eigenvalue weighted by molar-refractivity contribution is 0.411. The van der Waals surface area contributed by atoms with Crippen molar-refractivity contribution in [3.8, 4) is 5.75 Å². The largest absolute Gasteiger partial charge is 0.496 e. The summed E-state index contributed by atoms with van der Waals surface area (Å²) in [6.07, 6.45) is 0. The van der Waals surface area contributed by atoms with Gasteiger partial charge in [-0.1, -0.05) is 0 Å². The van der Waals surface area contributed by atoms with E-state index in [0.717, 1.165) is 22.8 Å². The Balaban J connectivity index is 1.79. The Morgan fingerprint density at radius 1 is 0.903 bits per heavy atom. The summed E-state index contributed by atoms with van der Waals surface area (Å²) in [5, 5.41) is 3.15. The van der Waals surface area contributed by atoms with Crippen LogP contribution in [0, 0.1) is 20.8 Å². The second-order valence-electron chi connectivity index (χ2n) is 7.41. The first-order chi connectivity index (χ1) is 14.6. The average Bonchev–Trinajstić information content (AvgIpc) is 2.70. The highest BCUT2D eigenvalue weighted by atomic mass is 32.2. The van der Waals surface area contributed by atoms with Gasteiger partial charge in [-0.2, -0.15) is 4.98 Å². The second-order valence-corrected chi connectivity index (χ2v) is 9.06. The van der Waals surface area contributed by atoms with Gasteiger partial charge in [-0.3, -0.25) is 4.72 Å². The van der Waals surface area contributed by atoms with Gasteiger partial charge >= 0.3 is 0 Å². The Labute approximate surface area is 183 Å². The number of ether oxygens (including phenoxy) is 1. The molecule has 0 fully saturated rings. The van der Waals surface area contributed by atoms with Crippen LogP contribution < -0.4 is 19.7 Å². The first-order valence-corrected chi connectivity index (χ1v) is 11.2. The van der Waals surface area contributed by atoms with Crippen molar-refractivity contribution in [2.24, 2.45) is 0 Å². The van der Waals surface area contributed by atoms with E-state index in [1.807, 2.05) is 38.9 Å². The molecule has 0 saturated heterocycles. The van der Waals surface area contributed by atoms with Gasteiger partial charge in [0.1, 0.15) is 11.6 Å². The number of aryl methyl sites for hydroxylation is 1. The van der Waals surface area contributed by atoms with E-state index in [4.69, 9.17) is 4.74 Å². The van der Waals surface area contributed by atoms with Crippen molar-refractivity contribution < 1.29 is 13.2 Å². The number of nitrogens with one attached hydrogen (secondary N) is 2. The van der Waals surface area contributed by atoms with Crippen LogP contribution in [-0.2, 0) is 10.0 Å². The molecule has 0 spiro atoms. The number of hydrogen-bond acceptors (Lipinski definition) is 7. The third kappa shape index (κ3) is 5.05. The van der Waals surface area contributed by atoms with Crippen molar-refractivity contribution in [3.63, 3.8) is 0 Å². The average molecular weight is 442 g/mol. The standard InChI is InChI=1S/C22H27N5O3S/c1-14-13-21(27(4)5)25-22(23-14)24-17-7-9-18(10-8-17)26-31(28,29)20-12-11-19(30-6)15(2)16(20)3/h7-13,26H,1-6H3,(H,23,24,25). The lowest BCUT2D eigenvalue weighted by Gasteiger charge is -2.15. The molecule has 0 amide bonds. The maximum absolute atomic E-state index is 12.9. The van der Waals surface area contributed by atoms with Gasteiger partial charge in [0.05, 0.1) is 12.0 Å². The smallest absolute Gasteiger partial charge is 0.262 e. The number of anilines is 4. The lowest BCUT2D eigenvalue weighted by Crippen LogP contribution is -2.15. The van der Waals surface area contributed by atoms with E-state index in [1.54, 1.807) is 50.4 Å².